The summed E-state index contributed by atoms with van der Waals surface area (Å²) in [5.74, 6) is 0. The SMILES string of the molecule is CCCCc1ccc(NC(=S)NNC(=S)Nc2ccc(C)cc2C)cc1. The molecule has 0 aliphatic rings. The fraction of sp³-hybridized carbons (Fsp3) is 0.300. The molecule has 0 bridgehead atoms. The Balaban J connectivity index is 1.78. The van der Waals surface area contributed by atoms with Gasteiger partial charge in [-0.3, -0.25) is 10.9 Å². The van der Waals surface area contributed by atoms with Gasteiger partial charge in [0.05, 0.1) is 0 Å². The Morgan fingerprint density at radius 1 is 0.885 bits per heavy atom. The minimum atomic E-state index is 0.455. The van der Waals surface area contributed by atoms with Crippen molar-refractivity contribution in [2.75, 3.05) is 10.6 Å². The molecule has 2 rings (SSSR count). The van der Waals surface area contributed by atoms with Crippen LogP contribution in [0.25, 0.3) is 0 Å². The van der Waals surface area contributed by atoms with Crippen molar-refractivity contribution < 1.29 is 0 Å². The summed E-state index contributed by atoms with van der Waals surface area (Å²) in [4.78, 5) is 0. The molecule has 0 radical (unpaired) electrons. The summed E-state index contributed by atoms with van der Waals surface area (Å²) in [5, 5.41) is 7.20. The van der Waals surface area contributed by atoms with Crippen molar-refractivity contribution >= 4 is 46.0 Å². The van der Waals surface area contributed by atoms with E-state index >= 15 is 0 Å². The van der Waals surface area contributed by atoms with Gasteiger partial charge in [-0.2, -0.15) is 0 Å². The van der Waals surface area contributed by atoms with E-state index in [1.165, 1.54) is 24.0 Å². The summed E-state index contributed by atoms with van der Waals surface area (Å²) in [5.41, 5.74) is 11.4. The van der Waals surface area contributed by atoms with Crippen LogP contribution in [-0.2, 0) is 6.42 Å². The lowest BCUT2D eigenvalue weighted by molar-refractivity contribution is 0.795. The highest BCUT2D eigenvalue weighted by molar-refractivity contribution is 7.81. The normalized spacial score (nSPS) is 10.1. The van der Waals surface area contributed by atoms with Crippen LogP contribution in [0.3, 0.4) is 0 Å². The molecule has 4 nitrogen and oxygen atoms in total. The topological polar surface area (TPSA) is 48.1 Å². The predicted molar refractivity (Wildman–Crippen MR) is 120 cm³/mol. The fourth-order valence-corrected chi connectivity index (χ4v) is 2.85. The van der Waals surface area contributed by atoms with Crippen LogP contribution in [0.1, 0.15) is 36.5 Å². The Bertz CT molecular complexity index is 757. The first-order chi connectivity index (χ1) is 12.5. The van der Waals surface area contributed by atoms with E-state index in [1.54, 1.807) is 0 Å². The molecule has 0 heterocycles. The first-order valence-corrected chi connectivity index (χ1v) is 9.59. The van der Waals surface area contributed by atoms with Crippen molar-refractivity contribution in [3.05, 3.63) is 59.2 Å². The Hall–Kier alpha value is -2.18. The second kappa shape index (κ2) is 10.1. The molecule has 0 aromatic heterocycles. The fourth-order valence-electron chi connectivity index (χ4n) is 2.52. The molecular weight excluding hydrogens is 360 g/mol. The second-order valence-electron chi connectivity index (χ2n) is 6.28. The molecule has 2 aromatic carbocycles. The zero-order valence-electron chi connectivity index (χ0n) is 15.5. The third-order valence-electron chi connectivity index (χ3n) is 3.95. The third-order valence-corrected chi connectivity index (χ3v) is 4.36. The maximum Gasteiger partial charge on any atom is 0.189 e. The molecular formula is C20H26N4S2. The highest BCUT2D eigenvalue weighted by Gasteiger charge is 2.03. The van der Waals surface area contributed by atoms with Crippen molar-refractivity contribution in [3.8, 4) is 0 Å². The van der Waals surface area contributed by atoms with Crippen LogP contribution in [-0.4, -0.2) is 10.2 Å². The van der Waals surface area contributed by atoms with Gasteiger partial charge in [-0.25, -0.2) is 0 Å². The van der Waals surface area contributed by atoms with Crippen molar-refractivity contribution in [1.29, 1.82) is 0 Å². The largest absolute Gasteiger partial charge is 0.331 e. The quantitative estimate of drug-likeness (QED) is 0.436. The Morgan fingerprint density at radius 3 is 2.15 bits per heavy atom. The number of thiocarbonyl (C=S) groups is 2. The zero-order valence-corrected chi connectivity index (χ0v) is 17.1. The molecule has 0 aliphatic carbocycles. The van der Waals surface area contributed by atoms with Gasteiger partial charge in [0.2, 0.25) is 0 Å². The van der Waals surface area contributed by atoms with Crippen molar-refractivity contribution in [2.24, 2.45) is 0 Å². The zero-order chi connectivity index (χ0) is 18.9. The molecule has 6 heteroatoms. The molecule has 0 fully saturated rings. The van der Waals surface area contributed by atoms with Crippen LogP contribution in [0.15, 0.2) is 42.5 Å². The van der Waals surface area contributed by atoms with E-state index in [9.17, 15) is 0 Å². The van der Waals surface area contributed by atoms with E-state index in [0.29, 0.717) is 10.2 Å². The number of nitrogens with one attached hydrogen (secondary N) is 4. The first-order valence-electron chi connectivity index (χ1n) is 8.78. The highest BCUT2D eigenvalue weighted by atomic mass is 32.1. The lowest BCUT2D eigenvalue weighted by atomic mass is 10.1. The van der Waals surface area contributed by atoms with Crippen LogP contribution < -0.4 is 21.5 Å². The molecule has 0 unspecified atom stereocenters. The van der Waals surface area contributed by atoms with Crippen LogP contribution in [0.2, 0.25) is 0 Å². The molecule has 4 N–H and O–H groups in total. The van der Waals surface area contributed by atoms with Gasteiger partial charge in [0.15, 0.2) is 10.2 Å². The van der Waals surface area contributed by atoms with E-state index in [0.717, 1.165) is 23.4 Å². The van der Waals surface area contributed by atoms with Crippen LogP contribution in [0, 0.1) is 13.8 Å². The van der Waals surface area contributed by atoms with Gasteiger partial charge in [-0.05, 0) is 80.5 Å². The Morgan fingerprint density at radius 2 is 1.54 bits per heavy atom. The monoisotopic (exact) mass is 386 g/mol. The van der Waals surface area contributed by atoms with E-state index in [4.69, 9.17) is 24.4 Å². The van der Waals surface area contributed by atoms with Crippen molar-refractivity contribution in [2.45, 2.75) is 40.0 Å². The summed E-state index contributed by atoms with van der Waals surface area (Å²) in [6, 6.07) is 14.5. The van der Waals surface area contributed by atoms with E-state index in [1.807, 2.05) is 31.2 Å². The lowest BCUT2D eigenvalue weighted by Gasteiger charge is -2.15. The van der Waals surface area contributed by atoms with Gasteiger partial charge < -0.3 is 10.6 Å². The average molecular weight is 387 g/mol. The smallest absolute Gasteiger partial charge is 0.189 e. The first kappa shape index (κ1) is 20.1. The molecule has 26 heavy (non-hydrogen) atoms. The molecule has 0 spiro atoms. The van der Waals surface area contributed by atoms with E-state index in [2.05, 4.69) is 53.5 Å². The average Bonchev–Trinajstić information content (AvgIpc) is 2.62. The van der Waals surface area contributed by atoms with Gasteiger partial charge in [0.1, 0.15) is 0 Å². The Kier molecular flexibility index (Phi) is 7.81. The van der Waals surface area contributed by atoms with Gasteiger partial charge in [-0.15, -0.1) is 0 Å². The summed E-state index contributed by atoms with van der Waals surface area (Å²) in [7, 11) is 0. The number of anilines is 2. The van der Waals surface area contributed by atoms with E-state index in [-0.39, 0.29) is 0 Å². The second-order valence-corrected chi connectivity index (χ2v) is 7.09. The maximum absolute atomic E-state index is 5.30. The molecule has 2 aromatic rings. The highest BCUT2D eigenvalue weighted by Crippen LogP contribution is 2.15. The Labute approximate surface area is 166 Å². The summed E-state index contributed by atoms with van der Waals surface area (Å²) >= 11 is 10.6. The standard InChI is InChI=1S/C20H26N4S2/c1-4-5-6-16-8-10-17(11-9-16)21-19(25)23-24-20(26)22-18-12-7-14(2)13-15(18)3/h7-13H,4-6H2,1-3H3,(H2,21,23,25)(H2,22,24,26). The number of hydrogen-bond donors (Lipinski definition) is 4. The minimum absolute atomic E-state index is 0.455. The summed E-state index contributed by atoms with van der Waals surface area (Å²) < 4.78 is 0. The van der Waals surface area contributed by atoms with Gasteiger partial charge in [0.25, 0.3) is 0 Å². The van der Waals surface area contributed by atoms with E-state index < -0.39 is 0 Å². The lowest BCUT2D eigenvalue weighted by Crippen LogP contribution is -2.45. The number of aryl methyl sites for hydroxylation is 3. The van der Waals surface area contributed by atoms with Crippen LogP contribution in [0.4, 0.5) is 11.4 Å². The minimum Gasteiger partial charge on any atom is -0.331 e. The number of rotatable bonds is 5. The molecule has 0 saturated heterocycles. The molecule has 0 amide bonds. The van der Waals surface area contributed by atoms with Gasteiger partial charge >= 0.3 is 0 Å². The van der Waals surface area contributed by atoms with Gasteiger partial charge in [0, 0.05) is 11.4 Å². The molecule has 0 atom stereocenters. The number of hydrazine groups is 1. The number of benzene rings is 2. The summed E-state index contributed by atoms with van der Waals surface area (Å²) in [6.45, 7) is 6.31. The molecule has 0 saturated carbocycles. The third kappa shape index (κ3) is 6.61. The van der Waals surface area contributed by atoms with Crippen molar-refractivity contribution in [1.82, 2.24) is 10.9 Å². The molecule has 138 valence electrons. The van der Waals surface area contributed by atoms with Gasteiger partial charge in [-0.1, -0.05) is 43.2 Å². The predicted octanol–water partition coefficient (Wildman–Crippen LogP) is 4.83. The maximum atomic E-state index is 5.30. The molecule has 0 aliphatic heterocycles. The number of unbranched alkanes of at least 4 members (excludes halogenated alkanes) is 1. The van der Waals surface area contributed by atoms with Crippen LogP contribution in [0.5, 0.6) is 0 Å². The van der Waals surface area contributed by atoms with Crippen LogP contribution >= 0.6 is 24.4 Å². The number of hydrogen-bond acceptors (Lipinski definition) is 2. The summed E-state index contributed by atoms with van der Waals surface area (Å²) in [6.07, 6.45) is 3.52. The van der Waals surface area contributed by atoms with Crippen molar-refractivity contribution in [3.63, 3.8) is 0 Å².